The highest BCUT2D eigenvalue weighted by Gasteiger charge is 2.29. The first-order valence-electron chi connectivity index (χ1n) is 6.89. The van der Waals surface area contributed by atoms with Gasteiger partial charge >= 0.3 is 0 Å². The number of nitrogens with one attached hydrogen (secondary N) is 1. The Labute approximate surface area is 117 Å². The van der Waals surface area contributed by atoms with Crippen molar-refractivity contribution in [3.05, 3.63) is 70.8 Å². The molecule has 0 aromatic heterocycles. The molecule has 1 nitrogen and oxygen atoms in total. The Bertz CT molecular complexity index is 624. The van der Waals surface area contributed by atoms with Crippen molar-refractivity contribution in [2.75, 3.05) is 7.05 Å². The topological polar surface area (TPSA) is 12.0 Å². The van der Waals surface area contributed by atoms with E-state index in [9.17, 15) is 8.78 Å². The van der Waals surface area contributed by atoms with Crippen LogP contribution in [-0.4, -0.2) is 7.05 Å². The smallest absolute Gasteiger partial charge is 0.128 e. The van der Waals surface area contributed by atoms with Crippen molar-refractivity contribution >= 4 is 0 Å². The summed E-state index contributed by atoms with van der Waals surface area (Å²) in [6.07, 6.45) is 1.80. The molecule has 2 aromatic rings. The molecule has 0 saturated heterocycles. The maximum absolute atomic E-state index is 13.9. The molecule has 1 aliphatic carbocycles. The normalized spacial score (nSPS) is 18.2. The van der Waals surface area contributed by atoms with Gasteiger partial charge in [0.2, 0.25) is 0 Å². The molecule has 1 N–H and O–H groups in total. The fourth-order valence-corrected chi connectivity index (χ4v) is 3.04. The molecule has 0 saturated carbocycles. The van der Waals surface area contributed by atoms with Gasteiger partial charge in [0.1, 0.15) is 11.6 Å². The molecule has 2 atom stereocenters. The highest BCUT2D eigenvalue weighted by molar-refractivity contribution is 5.40. The van der Waals surface area contributed by atoms with Crippen LogP contribution < -0.4 is 5.32 Å². The lowest BCUT2D eigenvalue weighted by Crippen LogP contribution is -2.25. The summed E-state index contributed by atoms with van der Waals surface area (Å²) in [5.41, 5.74) is 3.12. The minimum absolute atomic E-state index is 0.163. The molecule has 0 fully saturated rings. The van der Waals surface area contributed by atoms with E-state index in [0.717, 1.165) is 18.9 Å². The van der Waals surface area contributed by atoms with Crippen molar-refractivity contribution in [2.24, 2.45) is 0 Å². The molecule has 2 aromatic carbocycles. The van der Waals surface area contributed by atoms with Gasteiger partial charge in [0, 0.05) is 11.6 Å². The lowest BCUT2D eigenvalue weighted by atomic mass is 9.74. The molecule has 0 radical (unpaired) electrons. The van der Waals surface area contributed by atoms with Crippen LogP contribution >= 0.6 is 0 Å². The quantitative estimate of drug-likeness (QED) is 0.889. The average Bonchev–Trinajstić information content (AvgIpc) is 2.43. The molecular weight excluding hydrogens is 256 g/mol. The summed E-state index contributed by atoms with van der Waals surface area (Å²) in [7, 11) is 1.79. The van der Waals surface area contributed by atoms with Crippen LogP contribution in [0.1, 0.15) is 35.1 Å². The van der Waals surface area contributed by atoms with Crippen molar-refractivity contribution in [3.63, 3.8) is 0 Å². The first-order chi connectivity index (χ1) is 9.69. The molecule has 3 rings (SSSR count). The van der Waals surface area contributed by atoms with Gasteiger partial charge in [0.25, 0.3) is 0 Å². The first-order valence-corrected chi connectivity index (χ1v) is 6.89. The molecule has 0 aliphatic heterocycles. The molecule has 2 unspecified atom stereocenters. The second-order valence-corrected chi connectivity index (χ2v) is 5.34. The SMILES string of the molecule is CNC(CC1Cc2ccccc21)c1cc(F)ccc1F. The molecule has 0 heterocycles. The van der Waals surface area contributed by atoms with Gasteiger partial charge in [0.15, 0.2) is 0 Å². The third kappa shape index (κ3) is 2.34. The highest BCUT2D eigenvalue weighted by Crippen LogP contribution is 2.40. The molecule has 20 heavy (non-hydrogen) atoms. The lowest BCUT2D eigenvalue weighted by Gasteiger charge is -2.33. The second kappa shape index (κ2) is 5.33. The van der Waals surface area contributed by atoms with E-state index in [1.54, 1.807) is 7.05 Å². The Morgan fingerprint density at radius 2 is 2.00 bits per heavy atom. The third-order valence-corrected chi connectivity index (χ3v) is 4.16. The standard InChI is InChI=1S/C17H17F2N/c1-20-17(15-10-13(18)6-7-16(15)19)9-12-8-11-4-2-3-5-14(11)12/h2-7,10,12,17,20H,8-9H2,1H3. The van der Waals surface area contributed by atoms with Crippen LogP contribution in [0.5, 0.6) is 0 Å². The van der Waals surface area contributed by atoms with Gasteiger partial charge in [-0.05, 0) is 55.1 Å². The fraction of sp³-hybridized carbons (Fsp3) is 0.294. The van der Waals surface area contributed by atoms with Crippen LogP contribution in [0.2, 0.25) is 0 Å². The van der Waals surface area contributed by atoms with Gasteiger partial charge in [-0.2, -0.15) is 0 Å². The van der Waals surface area contributed by atoms with E-state index in [1.807, 2.05) is 12.1 Å². The summed E-state index contributed by atoms with van der Waals surface area (Å²) >= 11 is 0. The van der Waals surface area contributed by atoms with Gasteiger partial charge in [-0.25, -0.2) is 8.78 Å². The Kier molecular flexibility index (Phi) is 3.53. The summed E-state index contributed by atoms with van der Waals surface area (Å²) in [5.74, 6) is -0.319. The summed E-state index contributed by atoms with van der Waals surface area (Å²) < 4.78 is 27.2. The zero-order chi connectivity index (χ0) is 14.1. The van der Waals surface area contributed by atoms with Gasteiger partial charge in [-0.15, -0.1) is 0 Å². The van der Waals surface area contributed by atoms with Crippen LogP contribution in [0.4, 0.5) is 8.78 Å². The number of rotatable bonds is 4. The molecule has 0 bridgehead atoms. The Balaban J connectivity index is 1.80. The molecular formula is C17H17F2N. The summed E-state index contributed by atoms with van der Waals surface area (Å²) in [4.78, 5) is 0. The maximum atomic E-state index is 13.9. The zero-order valence-corrected chi connectivity index (χ0v) is 11.4. The lowest BCUT2D eigenvalue weighted by molar-refractivity contribution is 0.435. The number of fused-ring (bicyclic) bond motifs is 1. The second-order valence-electron chi connectivity index (χ2n) is 5.34. The van der Waals surface area contributed by atoms with Crippen LogP contribution in [-0.2, 0) is 6.42 Å². The Morgan fingerprint density at radius 1 is 1.20 bits per heavy atom. The zero-order valence-electron chi connectivity index (χ0n) is 11.4. The fourth-order valence-electron chi connectivity index (χ4n) is 3.04. The molecule has 104 valence electrons. The number of hydrogen-bond acceptors (Lipinski definition) is 1. The molecule has 0 spiro atoms. The highest BCUT2D eigenvalue weighted by atomic mass is 19.1. The van der Waals surface area contributed by atoms with E-state index < -0.39 is 5.82 Å². The van der Waals surface area contributed by atoms with Crippen molar-refractivity contribution in [1.82, 2.24) is 5.32 Å². The van der Waals surface area contributed by atoms with E-state index in [-0.39, 0.29) is 11.9 Å². The van der Waals surface area contributed by atoms with Gasteiger partial charge in [-0.1, -0.05) is 24.3 Å². The van der Waals surface area contributed by atoms with Crippen molar-refractivity contribution in [1.29, 1.82) is 0 Å². The van der Waals surface area contributed by atoms with Crippen LogP contribution in [0.25, 0.3) is 0 Å². The van der Waals surface area contributed by atoms with E-state index in [0.29, 0.717) is 11.5 Å². The van der Waals surface area contributed by atoms with E-state index in [2.05, 4.69) is 17.4 Å². The monoisotopic (exact) mass is 273 g/mol. The molecule has 0 amide bonds. The minimum atomic E-state index is -0.393. The van der Waals surface area contributed by atoms with Crippen molar-refractivity contribution in [3.8, 4) is 0 Å². The Hall–Kier alpha value is -1.74. The number of halogens is 2. The third-order valence-electron chi connectivity index (χ3n) is 4.16. The van der Waals surface area contributed by atoms with Gasteiger partial charge in [-0.3, -0.25) is 0 Å². The average molecular weight is 273 g/mol. The summed E-state index contributed by atoms with van der Waals surface area (Å²) in [6.45, 7) is 0. The minimum Gasteiger partial charge on any atom is -0.313 e. The molecule has 3 heteroatoms. The molecule has 1 aliphatic rings. The summed E-state index contributed by atoms with van der Waals surface area (Å²) in [6, 6.07) is 11.8. The Morgan fingerprint density at radius 3 is 2.75 bits per heavy atom. The first kappa shape index (κ1) is 13.3. The number of hydrogen-bond donors (Lipinski definition) is 1. The van der Waals surface area contributed by atoms with Crippen LogP contribution in [0.3, 0.4) is 0 Å². The van der Waals surface area contributed by atoms with E-state index in [1.165, 1.54) is 23.3 Å². The predicted molar refractivity (Wildman–Crippen MR) is 75.7 cm³/mol. The van der Waals surface area contributed by atoms with Gasteiger partial charge < -0.3 is 5.32 Å². The maximum Gasteiger partial charge on any atom is 0.128 e. The van der Waals surface area contributed by atoms with E-state index in [4.69, 9.17) is 0 Å². The van der Waals surface area contributed by atoms with Crippen molar-refractivity contribution in [2.45, 2.75) is 24.8 Å². The largest absolute Gasteiger partial charge is 0.313 e. The number of benzene rings is 2. The van der Waals surface area contributed by atoms with Crippen LogP contribution in [0.15, 0.2) is 42.5 Å². The van der Waals surface area contributed by atoms with Crippen LogP contribution in [0, 0.1) is 11.6 Å². The van der Waals surface area contributed by atoms with Gasteiger partial charge in [0.05, 0.1) is 0 Å². The predicted octanol–water partition coefficient (Wildman–Crippen LogP) is 3.96. The van der Waals surface area contributed by atoms with E-state index >= 15 is 0 Å². The van der Waals surface area contributed by atoms with Crippen molar-refractivity contribution < 1.29 is 8.78 Å². The summed E-state index contributed by atoms with van der Waals surface area (Å²) in [5, 5.41) is 3.11.